The van der Waals surface area contributed by atoms with E-state index < -0.39 is 0 Å². The van der Waals surface area contributed by atoms with Crippen molar-refractivity contribution in [2.45, 2.75) is 18.9 Å². The van der Waals surface area contributed by atoms with Crippen molar-refractivity contribution in [2.24, 2.45) is 0 Å². The van der Waals surface area contributed by atoms with Crippen molar-refractivity contribution < 1.29 is 0 Å². The van der Waals surface area contributed by atoms with E-state index in [1.165, 1.54) is 11.3 Å². The molecule has 0 unspecified atom stereocenters. The summed E-state index contributed by atoms with van der Waals surface area (Å²) < 4.78 is 0. The molecule has 0 bridgehead atoms. The Labute approximate surface area is 108 Å². The molecule has 0 spiro atoms. The molecule has 0 atom stereocenters. The van der Waals surface area contributed by atoms with Crippen molar-refractivity contribution in [2.75, 3.05) is 13.1 Å². The lowest BCUT2D eigenvalue weighted by Crippen LogP contribution is -2.57. The van der Waals surface area contributed by atoms with Crippen LogP contribution in [-0.2, 0) is 12.0 Å². The summed E-state index contributed by atoms with van der Waals surface area (Å²) in [7, 11) is 0. The summed E-state index contributed by atoms with van der Waals surface area (Å²) in [5, 5.41) is 0. The third-order valence-electron chi connectivity index (χ3n) is 3.68. The number of rotatable bonds is 3. The van der Waals surface area contributed by atoms with Crippen molar-refractivity contribution in [3.8, 4) is 0 Å². The van der Waals surface area contributed by atoms with E-state index in [4.69, 9.17) is 0 Å². The Morgan fingerprint density at radius 1 is 1.06 bits per heavy atom. The quantitative estimate of drug-likeness (QED) is 0.817. The summed E-state index contributed by atoms with van der Waals surface area (Å²) in [5.41, 5.74) is 2.84. The average molecular weight is 238 g/mol. The van der Waals surface area contributed by atoms with Crippen LogP contribution in [-0.4, -0.2) is 23.0 Å². The van der Waals surface area contributed by atoms with Gasteiger partial charge in [-0.3, -0.25) is 9.88 Å². The van der Waals surface area contributed by atoms with Gasteiger partial charge in [-0.2, -0.15) is 0 Å². The van der Waals surface area contributed by atoms with E-state index in [0.29, 0.717) is 0 Å². The largest absolute Gasteiger partial charge is 0.297 e. The molecular weight excluding hydrogens is 220 g/mol. The molecule has 2 heteroatoms. The molecule has 0 amide bonds. The molecule has 1 aliphatic heterocycles. The molecule has 18 heavy (non-hydrogen) atoms. The monoisotopic (exact) mass is 238 g/mol. The van der Waals surface area contributed by atoms with Crippen LogP contribution in [0.3, 0.4) is 0 Å². The minimum Gasteiger partial charge on any atom is -0.297 e. The topological polar surface area (TPSA) is 16.1 Å². The first-order valence-electron chi connectivity index (χ1n) is 6.44. The normalized spacial score (nSPS) is 18.3. The Morgan fingerprint density at radius 2 is 1.78 bits per heavy atom. The minimum atomic E-state index is 0.232. The highest BCUT2D eigenvalue weighted by atomic mass is 15.2. The molecule has 92 valence electrons. The first-order chi connectivity index (χ1) is 8.76. The summed E-state index contributed by atoms with van der Waals surface area (Å²) in [6.45, 7) is 5.54. The van der Waals surface area contributed by atoms with Crippen LogP contribution >= 0.6 is 0 Å². The van der Waals surface area contributed by atoms with Gasteiger partial charge in [-0.1, -0.05) is 43.3 Å². The van der Waals surface area contributed by atoms with Crippen LogP contribution < -0.4 is 0 Å². The predicted octanol–water partition coefficient (Wildman–Crippen LogP) is 2.86. The Bertz CT molecular complexity index is 501. The van der Waals surface area contributed by atoms with Gasteiger partial charge in [0.1, 0.15) is 0 Å². The molecule has 1 aromatic heterocycles. The number of aromatic nitrogens is 1. The lowest BCUT2D eigenvalue weighted by Gasteiger charge is -2.47. The zero-order valence-electron chi connectivity index (χ0n) is 10.7. The Balaban J connectivity index is 1.63. The number of hydrogen-bond donors (Lipinski definition) is 0. The van der Waals surface area contributed by atoms with Crippen molar-refractivity contribution in [1.82, 2.24) is 9.88 Å². The molecule has 3 rings (SSSR count). The molecule has 2 nitrogen and oxygen atoms in total. The molecule has 0 N–H and O–H groups in total. The maximum absolute atomic E-state index is 4.49. The molecule has 0 saturated carbocycles. The van der Waals surface area contributed by atoms with E-state index in [-0.39, 0.29) is 5.41 Å². The summed E-state index contributed by atoms with van der Waals surface area (Å²) >= 11 is 0. The first kappa shape index (κ1) is 11.4. The number of nitrogens with zero attached hydrogens (tertiary/aromatic N) is 2. The van der Waals surface area contributed by atoms with E-state index in [1.54, 1.807) is 0 Å². The Kier molecular flexibility index (Phi) is 2.88. The molecule has 0 aliphatic carbocycles. The van der Waals surface area contributed by atoms with Gasteiger partial charge in [0.05, 0.1) is 0 Å². The van der Waals surface area contributed by atoms with Crippen LogP contribution in [0.15, 0.2) is 54.7 Å². The van der Waals surface area contributed by atoms with E-state index in [0.717, 1.165) is 19.6 Å². The second kappa shape index (κ2) is 4.54. The smallest absolute Gasteiger partial charge is 0.0488 e. The van der Waals surface area contributed by atoms with Gasteiger partial charge in [0.15, 0.2) is 0 Å². The summed E-state index contributed by atoms with van der Waals surface area (Å²) in [5.74, 6) is 0. The van der Waals surface area contributed by atoms with Gasteiger partial charge >= 0.3 is 0 Å². The Morgan fingerprint density at radius 3 is 2.44 bits per heavy atom. The SMILES string of the molecule is CC1(c2ccccn2)CN(Cc2ccccc2)C1. The number of hydrogen-bond acceptors (Lipinski definition) is 2. The third kappa shape index (κ3) is 2.16. The van der Waals surface area contributed by atoms with Crippen LogP contribution in [0.1, 0.15) is 18.2 Å². The number of pyridine rings is 1. The second-order valence-corrected chi connectivity index (χ2v) is 5.41. The van der Waals surface area contributed by atoms with Crippen LogP contribution in [0.5, 0.6) is 0 Å². The third-order valence-corrected chi connectivity index (χ3v) is 3.68. The van der Waals surface area contributed by atoms with Crippen LogP contribution in [0, 0.1) is 0 Å². The number of benzene rings is 1. The lowest BCUT2D eigenvalue weighted by molar-refractivity contribution is 0.0674. The zero-order valence-corrected chi connectivity index (χ0v) is 10.7. The first-order valence-corrected chi connectivity index (χ1v) is 6.44. The summed E-state index contributed by atoms with van der Waals surface area (Å²) in [4.78, 5) is 6.96. The summed E-state index contributed by atoms with van der Waals surface area (Å²) in [6, 6.07) is 16.9. The minimum absolute atomic E-state index is 0.232. The van der Waals surface area contributed by atoms with E-state index >= 15 is 0 Å². The Hall–Kier alpha value is -1.67. The highest BCUT2D eigenvalue weighted by Crippen LogP contribution is 2.33. The molecular formula is C16H18N2. The maximum Gasteiger partial charge on any atom is 0.0488 e. The second-order valence-electron chi connectivity index (χ2n) is 5.41. The molecule has 2 heterocycles. The van der Waals surface area contributed by atoms with Crippen molar-refractivity contribution in [3.63, 3.8) is 0 Å². The molecule has 2 aromatic rings. The molecule has 1 aromatic carbocycles. The fourth-order valence-corrected chi connectivity index (χ4v) is 2.78. The zero-order chi connectivity index (χ0) is 12.4. The van der Waals surface area contributed by atoms with Crippen LogP contribution in [0.4, 0.5) is 0 Å². The standard InChI is InChI=1S/C16H18N2/c1-16(15-9-5-6-10-17-15)12-18(13-16)11-14-7-3-2-4-8-14/h2-10H,11-13H2,1H3. The van der Waals surface area contributed by atoms with Crippen molar-refractivity contribution in [3.05, 3.63) is 66.0 Å². The molecule has 1 fully saturated rings. The van der Waals surface area contributed by atoms with E-state index in [1.807, 2.05) is 12.3 Å². The molecule has 0 radical (unpaired) electrons. The summed E-state index contributed by atoms with van der Waals surface area (Å²) in [6.07, 6.45) is 1.89. The number of likely N-dealkylation sites (tertiary alicyclic amines) is 1. The van der Waals surface area contributed by atoms with Crippen molar-refractivity contribution in [1.29, 1.82) is 0 Å². The van der Waals surface area contributed by atoms with Crippen LogP contribution in [0.2, 0.25) is 0 Å². The molecule has 1 aliphatic rings. The highest BCUT2D eigenvalue weighted by Gasteiger charge is 2.40. The van der Waals surface area contributed by atoms with Gasteiger partial charge in [0.25, 0.3) is 0 Å². The lowest BCUT2D eigenvalue weighted by atomic mass is 9.78. The highest BCUT2D eigenvalue weighted by molar-refractivity contribution is 5.23. The fourth-order valence-electron chi connectivity index (χ4n) is 2.78. The van der Waals surface area contributed by atoms with Gasteiger partial charge in [-0.05, 0) is 17.7 Å². The van der Waals surface area contributed by atoms with Gasteiger partial charge < -0.3 is 0 Å². The van der Waals surface area contributed by atoms with Gasteiger partial charge in [-0.25, -0.2) is 0 Å². The predicted molar refractivity (Wildman–Crippen MR) is 73.3 cm³/mol. The van der Waals surface area contributed by atoms with E-state index in [2.05, 4.69) is 59.3 Å². The van der Waals surface area contributed by atoms with E-state index in [9.17, 15) is 0 Å². The van der Waals surface area contributed by atoms with Gasteiger partial charge in [0, 0.05) is 36.9 Å². The fraction of sp³-hybridized carbons (Fsp3) is 0.312. The van der Waals surface area contributed by atoms with Gasteiger partial charge in [0.2, 0.25) is 0 Å². The maximum atomic E-state index is 4.49. The van der Waals surface area contributed by atoms with Gasteiger partial charge in [-0.15, -0.1) is 0 Å². The van der Waals surface area contributed by atoms with Crippen LogP contribution in [0.25, 0.3) is 0 Å². The molecule has 1 saturated heterocycles. The van der Waals surface area contributed by atoms with Crippen molar-refractivity contribution >= 4 is 0 Å². The average Bonchev–Trinajstić information content (AvgIpc) is 2.39.